The van der Waals surface area contributed by atoms with E-state index in [1.807, 2.05) is 24.3 Å². The first kappa shape index (κ1) is 12.8. The minimum atomic E-state index is -0.182. The largest absolute Gasteiger partial charge is 0.366 e. The van der Waals surface area contributed by atoms with Crippen LogP contribution in [0.1, 0.15) is 26.7 Å². The smallest absolute Gasteiger partial charge is 0.156 e. The second-order valence-corrected chi connectivity index (χ2v) is 4.70. The number of benzene rings is 1. The third-order valence-corrected chi connectivity index (χ3v) is 3.59. The number of hydrogen-bond acceptors (Lipinski definition) is 4. The third-order valence-electron chi connectivity index (χ3n) is 3.59. The molecule has 4 nitrogen and oxygen atoms in total. The molecule has 4 heteroatoms. The fourth-order valence-electron chi connectivity index (χ4n) is 1.92. The number of aromatic nitrogens is 2. The number of hydrogen-bond donors (Lipinski definition) is 2. The van der Waals surface area contributed by atoms with Crippen LogP contribution in [0.5, 0.6) is 0 Å². The van der Waals surface area contributed by atoms with Gasteiger partial charge in [0.15, 0.2) is 5.82 Å². The number of nitrogens with two attached hydrogens (primary N) is 1. The lowest BCUT2D eigenvalue weighted by molar-refractivity contribution is 0.418. The van der Waals surface area contributed by atoms with Crippen LogP contribution in [0.4, 0.5) is 5.82 Å². The van der Waals surface area contributed by atoms with Gasteiger partial charge >= 0.3 is 0 Å². The Hall–Kier alpha value is -1.68. The van der Waals surface area contributed by atoms with Gasteiger partial charge in [0.1, 0.15) is 0 Å². The van der Waals surface area contributed by atoms with Crippen LogP contribution < -0.4 is 11.1 Å². The van der Waals surface area contributed by atoms with Gasteiger partial charge in [0.05, 0.1) is 6.20 Å². The normalized spacial score (nSPS) is 11.7. The summed E-state index contributed by atoms with van der Waals surface area (Å²) >= 11 is 0. The van der Waals surface area contributed by atoms with Crippen molar-refractivity contribution >= 4 is 16.6 Å². The van der Waals surface area contributed by atoms with Crippen LogP contribution in [0.25, 0.3) is 10.8 Å². The Morgan fingerprint density at radius 1 is 1.22 bits per heavy atom. The first-order valence-corrected chi connectivity index (χ1v) is 6.41. The van der Waals surface area contributed by atoms with E-state index in [1.54, 1.807) is 6.20 Å². The monoisotopic (exact) mass is 244 g/mol. The lowest BCUT2D eigenvalue weighted by atomic mass is 9.94. The molecule has 0 aliphatic heterocycles. The summed E-state index contributed by atoms with van der Waals surface area (Å²) in [5.74, 6) is 0.810. The van der Waals surface area contributed by atoms with Gasteiger partial charge in [0.25, 0.3) is 0 Å². The van der Waals surface area contributed by atoms with Crippen molar-refractivity contribution in [3.8, 4) is 0 Å². The fourth-order valence-corrected chi connectivity index (χ4v) is 1.92. The Labute approximate surface area is 108 Å². The highest BCUT2D eigenvalue weighted by molar-refractivity contribution is 5.90. The Morgan fingerprint density at radius 3 is 2.67 bits per heavy atom. The molecule has 1 aromatic carbocycles. The van der Waals surface area contributed by atoms with E-state index in [0.717, 1.165) is 29.4 Å². The highest BCUT2D eigenvalue weighted by Crippen LogP contribution is 2.20. The van der Waals surface area contributed by atoms with E-state index in [1.165, 1.54) is 0 Å². The summed E-state index contributed by atoms with van der Waals surface area (Å²) in [6, 6.07) is 8.08. The lowest BCUT2D eigenvalue weighted by Gasteiger charge is -2.27. The third kappa shape index (κ3) is 2.59. The number of anilines is 1. The van der Waals surface area contributed by atoms with E-state index >= 15 is 0 Å². The van der Waals surface area contributed by atoms with E-state index in [2.05, 4.69) is 29.4 Å². The molecule has 0 spiro atoms. The summed E-state index contributed by atoms with van der Waals surface area (Å²) in [6.45, 7) is 4.93. The predicted molar refractivity (Wildman–Crippen MR) is 75.5 cm³/mol. The molecule has 0 radical (unpaired) electrons. The van der Waals surface area contributed by atoms with Crippen molar-refractivity contribution in [2.45, 2.75) is 32.2 Å². The SMILES string of the molecule is CCC(N)(CC)CNc1nncc2ccccc12. The lowest BCUT2D eigenvalue weighted by Crippen LogP contribution is -2.45. The summed E-state index contributed by atoms with van der Waals surface area (Å²) < 4.78 is 0. The maximum atomic E-state index is 6.28. The fraction of sp³-hybridized carbons (Fsp3) is 0.429. The molecule has 0 bridgehead atoms. The van der Waals surface area contributed by atoms with Crippen LogP contribution in [0.15, 0.2) is 30.5 Å². The first-order valence-electron chi connectivity index (χ1n) is 6.41. The zero-order valence-electron chi connectivity index (χ0n) is 11.0. The molecule has 18 heavy (non-hydrogen) atoms. The molecule has 0 saturated heterocycles. The average molecular weight is 244 g/mol. The molecular formula is C14H20N4. The molecule has 2 rings (SSSR count). The van der Waals surface area contributed by atoms with E-state index in [0.29, 0.717) is 6.54 Å². The summed E-state index contributed by atoms with van der Waals surface area (Å²) in [7, 11) is 0. The van der Waals surface area contributed by atoms with E-state index < -0.39 is 0 Å². The number of rotatable bonds is 5. The first-order chi connectivity index (χ1) is 8.68. The molecule has 1 heterocycles. The molecule has 3 N–H and O–H groups in total. The highest BCUT2D eigenvalue weighted by atomic mass is 15.2. The van der Waals surface area contributed by atoms with Crippen LogP contribution in [-0.4, -0.2) is 22.3 Å². The van der Waals surface area contributed by atoms with Gasteiger partial charge in [-0.1, -0.05) is 38.1 Å². The van der Waals surface area contributed by atoms with Crippen LogP contribution >= 0.6 is 0 Å². The number of nitrogens with zero attached hydrogens (tertiary/aromatic N) is 2. The molecule has 0 aliphatic rings. The minimum absolute atomic E-state index is 0.182. The van der Waals surface area contributed by atoms with Crippen molar-refractivity contribution in [2.24, 2.45) is 5.73 Å². The summed E-state index contributed by atoms with van der Waals surface area (Å²) in [4.78, 5) is 0. The molecule has 0 amide bonds. The van der Waals surface area contributed by atoms with Crippen molar-refractivity contribution in [3.63, 3.8) is 0 Å². The molecule has 0 unspecified atom stereocenters. The van der Waals surface area contributed by atoms with Crippen molar-refractivity contribution in [1.82, 2.24) is 10.2 Å². The predicted octanol–water partition coefficient (Wildman–Crippen LogP) is 2.56. The Bertz CT molecular complexity index is 515. The Balaban J connectivity index is 2.22. The average Bonchev–Trinajstić information content (AvgIpc) is 2.44. The topological polar surface area (TPSA) is 63.8 Å². The summed E-state index contributed by atoms with van der Waals surface area (Å²) in [6.07, 6.45) is 3.65. The second-order valence-electron chi connectivity index (χ2n) is 4.70. The zero-order chi connectivity index (χ0) is 13.0. The summed E-state index contributed by atoms with van der Waals surface area (Å²) in [5, 5.41) is 13.7. The standard InChI is InChI=1S/C14H20N4/c1-3-14(15,4-2)10-16-13-12-8-6-5-7-11(12)9-17-18-13/h5-9H,3-4,10,15H2,1-2H3,(H,16,18). The molecule has 0 aliphatic carbocycles. The van der Waals surface area contributed by atoms with Gasteiger partial charge in [0, 0.05) is 22.9 Å². The maximum Gasteiger partial charge on any atom is 0.156 e. The van der Waals surface area contributed by atoms with Gasteiger partial charge in [0.2, 0.25) is 0 Å². The second kappa shape index (κ2) is 5.31. The molecule has 0 fully saturated rings. The van der Waals surface area contributed by atoms with Gasteiger partial charge < -0.3 is 11.1 Å². The minimum Gasteiger partial charge on any atom is -0.366 e. The molecule has 1 aromatic heterocycles. The van der Waals surface area contributed by atoms with Crippen molar-refractivity contribution in [3.05, 3.63) is 30.5 Å². The van der Waals surface area contributed by atoms with E-state index in [4.69, 9.17) is 5.73 Å². The van der Waals surface area contributed by atoms with Crippen LogP contribution in [0, 0.1) is 0 Å². The van der Waals surface area contributed by atoms with Gasteiger partial charge in [-0.3, -0.25) is 0 Å². The van der Waals surface area contributed by atoms with Crippen molar-refractivity contribution in [1.29, 1.82) is 0 Å². The maximum absolute atomic E-state index is 6.28. The number of nitrogens with one attached hydrogen (secondary N) is 1. The zero-order valence-corrected chi connectivity index (χ0v) is 11.0. The van der Waals surface area contributed by atoms with E-state index in [-0.39, 0.29) is 5.54 Å². The van der Waals surface area contributed by atoms with Gasteiger partial charge in [-0.2, -0.15) is 5.10 Å². The molecular weight excluding hydrogens is 224 g/mol. The number of fused-ring (bicyclic) bond motifs is 1. The van der Waals surface area contributed by atoms with Gasteiger partial charge in [-0.25, -0.2) is 0 Å². The van der Waals surface area contributed by atoms with Crippen LogP contribution in [0.3, 0.4) is 0 Å². The Kier molecular flexibility index (Phi) is 3.77. The van der Waals surface area contributed by atoms with E-state index in [9.17, 15) is 0 Å². The van der Waals surface area contributed by atoms with Gasteiger partial charge in [-0.15, -0.1) is 5.10 Å². The van der Waals surface area contributed by atoms with Gasteiger partial charge in [-0.05, 0) is 12.8 Å². The molecule has 2 aromatic rings. The van der Waals surface area contributed by atoms with Crippen molar-refractivity contribution in [2.75, 3.05) is 11.9 Å². The molecule has 0 atom stereocenters. The quantitative estimate of drug-likeness (QED) is 0.848. The highest BCUT2D eigenvalue weighted by Gasteiger charge is 2.20. The van der Waals surface area contributed by atoms with Crippen LogP contribution in [0.2, 0.25) is 0 Å². The molecule has 96 valence electrons. The summed E-state index contributed by atoms with van der Waals surface area (Å²) in [5.41, 5.74) is 6.10. The molecule has 0 saturated carbocycles. The van der Waals surface area contributed by atoms with Crippen LogP contribution in [-0.2, 0) is 0 Å². The Morgan fingerprint density at radius 2 is 1.94 bits per heavy atom. The van der Waals surface area contributed by atoms with Crippen molar-refractivity contribution < 1.29 is 0 Å².